The number of esters is 1. The first-order valence-electron chi connectivity index (χ1n) is 4.51. The average molecular weight is 210 g/mol. The highest BCUT2D eigenvalue weighted by Crippen LogP contribution is 2.24. The minimum Gasteiger partial charge on any atom is -0.469 e. The van der Waals surface area contributed by atoms with Crippen molar-refractivity contribution in [2.45, 2.75) is 23.5 Å². The Balaban J connectivity index is 2.41. The van der Waals surface area contributed by atoms with Crippen LogP contribution in [0.2, 0.25) is 0 Å². The molecule has 0 amide bonds. The fourth-order valence-electron chi connectivity index (χ4n) is 1.09. The van der Waals surface area contributed by atoms with Crippen LogP contribution < -0.4 is 0 Å². The molecule has 0 unspecified atom stereocenters. The van der Waals surface area contributed by atoms with Gasteiger partial charge in [0.1, 0.15) is 0 Å². The molecule has 76 valence electrons. The van der Waals surface area contributed by atoms with Gasteiger partial charge in [-0.2, -0.15) is 0 Å². The summed E-state index contributed by atoms with van der Waals surface area (Å²) in [6.07, 6.45) is 0.454. The number of carbonyl (C=O) groups excluding carboxylic acids is 1. The van der Waals surface area contributed by atoms with Crippen molar-refractivity contribution in [1.29, 1.82) is 0 Å². The van der Waals surface area contributed by atoms with Crippen molar-refractivity contribution >= 4 is 17.7 Å². The monoisotopic (exact) mass is 210 g/mol. The maximum Gasteiger partial charge on any atom is 0.306 e. The van der Waals surface area contributed by atoms with Crippen molar-refractivity contribution < 1.29 is 9.53 Å². The number of thioether (sulfide) groups is 1. The van der Waals surface area contributed by atoms with Gasteiger partial charge in [-0.05, 0) is 12.1 Å². The van der Waals surface area contributed by atoms with Gasteiger partial charge in [0.15, 0.2) is 0 Å². The van der Waals surface area contributed by atoms with Crippen LogP contribution in [-0.2, 0) is 9.53 Å². The van der Waals surface area contributed by atoms with Crippen LogP contribution in [0.3, 0.4) is 0 Å². The Bertz CT molecular complexity index is 285. The molecular weight excluding hydrogens is 196 g/mol. The molecule has 0 saturated heterocycles. The molecule has 0 spiro atoms. The van der Waals surface area contributed by atoms with Gasteiger partial charge >= 0.3 is 5.97 Å². The van der Waals surface area contributed by atoms with Crippen LogP contribution in [0, 0.1) is 0 Å². The lowest BCUT2D eigenvalue weighted by Gasteiger charge is -2.08. The zero-order valence-corrected chi connectivity index (χ0v) is 9.21. The van der Waals surface area contributed by atoms with Crippen LogP contribution in [0.1, 0.15) is 13.3 Å². The Labute approximate surface area is 88.7 Å². The van der Waals surface area contributed by atoms with Crippen LogP contribution in [0.25, 0.3) is 0 Å². The van der Waals surface area contributed by atoms with E-state index in [2.05, 4.69) is 4.74 Å². The van der Waals surface area contributed by atoms with E-state index in [0.717, 1.165) is 0 Å². The molecule has 0 heterocycles. The summed E-state index contributed by atoms with van der Waals surface area (Å²) in [5.41, 5.74) is 0. The summed E-state index contributed by atoms with van der Waals surface area (Å²) in [4.78, 5) is 12.2. The standard InChI is InChI=1S/C11H14O2S/c1-9(8-11(12)13-2)14-10-6-4-3-5-7-10/h3-7,9H,8H2,1-2H3/t9-/m1/s1. The zero-order chi connectivity index (χ0) is 10.4. The molecule has 0 radical (unpaired) electrons. The molecule has 0 aromatic heterocycles. The van der Waals surface area contributed by atoms with E-state index in [0.29, 0.717) is 6.42 Å². The Hall–Kier alpha value is -0.960. The number of carbonyl (C=O) groups is 1. The van der Waals surface area contributed by atoms with Crippen LogP contribution in [-0.4, -0.2) is 18.3 Å². The summed E-state index contributed by atoms with van der Waals surface area (Å²) in [6.45, 7) is 2.02. The van der Waals surface area contributed by atoms with Gasteiger partial charge in [0.25, 0.3) is 0 Å². The smallest absolute Gasteiger partial charge is 0.306 e. The summed E-state index contributed by atoms with van der Waals surface area (Å²) >= 11 is 1.69. The number of ether oxygens (including phenoxy) is 1. The molecule has 1 aromatic rings. The number of hydrogen-bond donors (Lipinski definition) is 0. The van der Waals surface area contributed by atoms with Crippen LogP contribution in [0.15, 0.2) is 35.2 Å². The molecule has 1 aromatic carbocycles. The SMILES string of the molecule is COC(=O)C[C@@H](C)Sc1ccccc1. The first-order valence-corrected chi connectivity index (χ1v) is 5.39. The first-order chi connectivity index (χ1) is 6.72. The summed E-state index contributed by atoms with van der Waals surface area (Å²) < 4.78 is 4.61. The highest BCUT2D eigenvalue weighted by Gasteiger charge is 2.09. The van der Waals surface area contributed by atoms with Crippen molar-refractivity contribution in [3.05, 3.63) is 30.3 Å². The Kier molecular flexibility index (Phi) is 4.53. The van der Waals surface area contributed by atoms with Crippen LogP contribution in [0.4, 0.5) is 0 Å². The molecule has 3 heteroatoms. The molecule has 0 saturated carbocycles. The normalized spacial score (nSPS) is 12.1. The lowest BCUT2D eigenvalue weighted by Crippen LogP contribution is -2.08. The van der Waals surface area contributed by atoms with E-state index < -0.39 is 0 Å². The fraction of sp³-hybridized carbons (Fsp3) is 0.364. The second-order valence-electron chi connectivity index (χ2n) is 3.02. The summed E-state index contributed by atoms with van der Waals surface area (Å²) in [6, 6.07) is 10.0. The van der Waals surface area contributed by atoms with E-state index in [1.807, 2.05) is 37.3 Å². The Morgan fingerprint density at radius 3 is 2.64 bits per heavy atom. The quantitative estimate of drug-likeness (QED) is 0.564. The van der Waals surface area contributed by atoms with Gasteiger partial charge in [-0.25, -0.2) is 0 Å². The summed E-state index contributed by atoms with van der Waals surface area (Å²) in [7, 11) is 1.42. The predicted molar refractivity (Wildman–Crippen MR) is 58.4 cm³/mol. The maximum absolute atomic E-state index is 11.0. The lowest BCUT2D eigenvalue weighted by atomic mass is 10.3. The number of rotatable bonds is 4. The Morgan fingerprint density at radius 1 is 1.43 bits per heavy atom. The molecule has 14 heavy (non-hydrogen) atoms. The number of hydrogen-bond acceptors (Lipinski definition) is 3. The Morgan fingerprint density at radius 2 is 2.07 bits per heavy atom. The van der Waals surface area contributed by atoms with Crippen molar-refractivity contribution in [2.75, 3.05) is 7.11 Å². The third-order valence-corrected chi connectivity index (χ3v) is 2.88. The highest BCUT2D eigenvalue weighted by atomic mass is 32.2. The molecule has 1 rings (SSSR count). The minimum atomic E-state index is -0.152. The van der Waals surface area contributed by atoms with E-state index in [-0.39, 0.29) is 11.2 Å². The molecule has 0 aliphatic rings. The van der Waals surface area contributed by atoms with E-state index in [4.69, 9.17) is 0 Å². The first kappa shape index (κ1) is 11.1. The fourth-order valence-corrected chi connectivity index (χ4v) is 2.09. The van der Waals surface area contributed by atoms with Crippen molar-refractivity contribution in [1.82, 2.24) is 0 Å². The molecule has 2 nitrogen and oxygen atoms in total. The second kappa shape index (κ2) is 5.70. The van der Waals surface area contributed by atoms with Crippen molar-refractivity contribution in [3.8, 4) is 0 Å². The topological polar surface area (TPSA) is 26.3 Å². The van der Waals surface area contributed by atoms with Gasteiger partial charge < -0.3 is 4.74 Å². The zero-order valence-electron chi connectivity index (χ0n) is 8.40. The van der Waals surface area contributed by atoms with Gasteiger partial charge in [0.2, 0.25) is 0 Å². The largest absolute Gasteiger partial charge is 0.469 e. The van der Waals surface area contributed by atoms with Gasteiger partial charge in [-0.1, -0.05) is 25.1 Å². The maximum atomic E-state index is 11.0. The van der Waals surface area contributed by atoms with Crippen LogP contribution in [0.5, 0.6) is 0 Å². The van der Waals surface area contributed by atoms with E-state index in [9.17, 15) is 4.79 Å². The molecule has 1 atom stereocenters. The molecule has 0 N–H and O–H groups in total. The molecular formula is C11H14O2S. The summed E-state index contributed by atoms with van der Waals surface area (Å²) in [5, 5.41) is 0.254. The predicted octanol–water partition coefficient (Wildman–Crippen LogP) is 2.73. The van der Waals surface area contributed by atoms with Crippen LogP contribution >= 0.6 is 11.8 Å². The van der Waals surface area contributed by atoms with Crippen molar-refractivity contribution in [3.63, 3.8) is 0 Å². The van der Waals surface area contributed by atoms with Gasteiger partial charge in [0.05, 0.1) is 13.5 Å². The van der Waals surface area contributed by atoms with Gasteiger partial charge in [0, 0.05) is 10.1 Å². The van der Waals surface area contributed by atoms with Gasteiger partial charge in [-0.15, -0.1) is 11.8 Å². The van der Waals surface area contributed by atoms with E-state index in [1.54, 1.807) is 11.8 Å². The molecule has 0 bridgehead atoms. The van der Waals surface area contributed by atoms with E-state index >= 15 is 0 Å². The molecule has 0 aliphatic carbocycles. The minimum absolute atomic E-state index is 0.152. The van der Waals surface area contributed by atoms with Crippen molar-refractivity contribution in [2.24, 2.45) is 0 Å². The third kappa shape index (κ3) is 3.83. The molecule has 0 fully saturated rings. The highest BCUT2D eigenvalue weighted by molar-refractivity contribution is 8.00. The van der Waals surface area contributed by atoms with Gasteiger partial charge in [-0.3, -0.25) is 4.79 Å². The molecule has 0 aliphatic heterocycles. The lowest BCUT2D eigenvalue weighted by molar-refractivity contribution is -0.140. The third-order valence-electron chi connectivity index (χ3n) is 1.76. The van der Waals surface area contributed by atoms with E-state index in [1.165, 1.54) is 12.0 Å². The number of methoxy groups -OCH3 is 1. The average Bonchev–Trinajstić information content (AvgIpc) is 2.19. The number of benzene rings is 1. The second-order valence-corrected chi connectivity index (χ2v) is 4.53. The summed E-state index contributed by atoms with van der Waals surface area (Å²) in [5.74, 6) is -0.152.